The minimum atomic E-state index is -4.75. The topological polar surface area (TPSA) is 66.4 Å². The van der Waals surface area contributed by atoms with Crippen molar-refractivity contribution in [1.29, 1.82) is 0 Å². The number of alkyl halides is 6. The van der Waals surface area contributed by atoms with E-state index < -0.39 is 51.4 Å². The molecule has 0 unspecified atom stereocenters. The number of hydrogen-bond donors (Lipinski definition) is 2. The minimum Gasteiger partial charge on any atom is -0.395 e. The molecule has 0 amide bonds. The molecule has 23 heavy (non-hydrogen) atoms. The van der Waals surface area contributed by atoms with Crippen LogP contribution in [-0.2, 0) is 16.2 Å². The lowest BCUT2D eigenvalue weighted by molar-refractivity contribution is -0.178. The third-order valence-electron chi connectivity index (χ3n) is 3.12. The van der Waals surface area contributed by atoms with Crippen LogP contribution in [0.3, 0.4) is 0 Å². The maximum atomic E-state index is 12.6. The highest BCUT2D eigenvalue weighted by molar-refractivity contribution is 7.89. The number of nitrogens with one attached hydrogen (secondary N) is 1. The summed E-state index contributed by atoms with van der Waals surface area (Å²) in [5.74, 6) is -2.18. The summed E-state index contributed by atoms with van der Waals surface area (Å²) in [6, 6.07) is 0.378. The van der Waals surface area contributed by atoms with Gasteiger partial charge in [0.15, 0.2) is 0 Å². The lowest BCUT2D eigenvalue weighted by atomic mass is 10.0. The molecule has 1 rings (SSSR count). The number of aliphatic hydroxyl groups excluding tert-OH is 1. The van der Waals surface area contributed by atoms with E-state index in [9.17, 15) is 34.8 Å². The summed E-state index contributed by atoms with van der Waals surface area (Å²) in [6.07, 6.45) is -9.43. The molecule has 0 radical (unpaired) electrons. The van der Waals surface area contributed by atoms with Crippen LogP contribution in [0.15, 0.2) is 29.2 Å². The van der Waals surface area contributed by atoms with E-state index >= 15 is 0 Å². The summed E-state index contributed by atoms with van der Waals surface area (Å²) in [7, 11) is -4.52. The molecular formula is C12H13F6NO3S. The highest BCUT2D eigenvalue weighted by Gasteiger charge is 2.42. The Bertz CT molecular complexity index is 624. The lowest BCUT2D eigenvalue weighted by Gasteiger charge is -2.25. The average Bonchev–Trinajstić information content (AvgIpc) is 2.42. The van der Waals surface area contributed by atoms with Crippen LogP contribution in [0, 0.1) is 5.92 Å². The van der Waals surface area contributed by atoms with E-state index in [2.05, 4.69) is 0 Å². The number of rotatable bonds is 5. The number of sulfonamides is 1. The van der Waals surface area contributed by atoms with Crippen molar-refractivity contribution in [2.24, 2.45) is 5.92 Å². The number of benzene rings is 1. The van der Waals surface area contributed by atoms with Crippen molar-refractivity contribution in [2.45, 2.75) is 30.2 Å². The van der Waals surface area contributed by atoms with Gasteiger partial charge in [0, 0.05) is 0 Å². The molecule has 2 N–H and O–H groups in total. The van der Waals surface area contributed by atoms with Gasteiger partial charge in [-0.25, -0.2) is 13.1 Å². The van der Waals surface area contributed by atoms with Gasteiger partial charge in [0.05, 0.1) is 29.0 Å². The average molecular weight is 365 g/mol. The van der Waals surface area contributed by atoms with Crippen LogP contribution in [-0.4, -0.2) is 32.3 Å². The van der Waals surface area contributed by atoms with Gasteiger partial charge in [-0.1, -0.05) is 6.92 Å². The second-order valence-electron chi connectivity index (χ2n) is 4.76. The smallest absolute Gasteiger partial charge is 0.395 e. The van der Waals surface area contributed by atoms with Crippen molar-refractivity contribution in [3.8, 4) is 0 Å². The molecule has 0 bridgehead atoms. The van der Waals surface area contributed by atoms with E-state index in [0.29, 0.717) is 31.2 Å². The van der Waals surface area contributed by atoms with Crippen molar-refractivity contribution in [2.75, 3.05) is 6.61 Å². The molecule has 0 aromatic heterocycles. The summed E-state index contributed by atoms with van der Waals surface area (Å²) < 4.78 is 100. The quantitative estimate of drug-likeness (QED) is 0.788. The van der Waals surface area contributed by atoms with Crippen LogP contribution in [0.2, 0.25) is 0 Å². The van der Waals surface area contributed by atoms with Gasteiger partial charge in [-0.3, -0.25) is 0 Å². The fourth-order valence-electron chi connectivity index (χ4n) is 1.62. The van der Waals surface area contributed by atoms with Gasteiger partial charge in [0.1, 0.15) is 0 Å². The van der Waals surface area contributed by atoms with Gasteiger partial charge in [-0.15, -0.1) is 0 Å². The molecule has 0 aliphatic heterocycles. The number of hydrogen-bond acceptors (Lipinski definition) is 3. The fraction of sp³-hybridized carbons (Fsp3) is 0.500. The Kier molecular flexibility index (Phi) is 5.70. The maximum absolute atomic E-state index is 12.6. The highest BCUT2D eigenvalue weighted by atomic mass is 32.2. The zero-order chi connectivity index (χ0) is 18.1. The SMILES string of the molecule is C[C@@H]([C@@H](CO)NS(=O)(=O)c1ccc(C(F)(F)F)cc1)C(F)(F)F. The first-order valence-corrected chi connectivity index (χ1v) is 7.64. The standard InChI is InChI=1S/C12H13F6NO3S/c1-7(11(13,14)15)10(6-20)19-23(21,22)9-4-2-8(3-5-9)12(16,17)18/h2-5,7,10,19-20H,6H2,1H3/t7-,10+/m0/s1. The van der Waals surface area contributed by atoms with Crippen LogP contribution in [0.5, 0.6) is 0 Å². The van der Waals surface area contributed by atoms with Gasteiger partial charge in [0.2, 0.25) is 10.0 Å². The lowest BCUT2D eigenvalue weighted by Crippen LogP contribution is -2.46. The summed E-state index contributed by atoms with van der Waals surface area (Å²) in [5.41, 5.74) is -1.10. The zero-order valence-electron chi connectivity index (χ0n) is 11.6. The van der Waals surface area contributed by atoms with Crippen LogP contribution >= 0.6 is 0 Å². The summed E-state index contributed by atoms with van der Waals surface area (Å²) in [4.78, 5) is -0.640. The van der Waals surface area contributed by atoms with E-state index in [-0.39, 0.29) is 0 Å². The van der Waals surface area contributed by atoms with Crippen molar-refractivity contribution < 1.29 is 39.9 Å². The molecule has 0 fully saturated rings. The highest BCUT2D eigenvalue weighted by Crippen LogP contribution is 2.31. The van der Waals surface area contributed by atoms with E-state index in [1.165, 1.54) is 0 Å². The fourth-order valence-corrected chi connectivity index (χ4v) is 2.92. The van der Waals surface area contributed by atoms with E-state index in [0.717, 1.165) is 0 Å². The van der Waals surface area contributed by atoms with Gasteiger partial charge < -0.3 is 5.11 Å². The molecule has 0 heterocycles. The van der Waals surface area contributed by atoms with E-state index in [1.54, 1.807) is 4.72 Å². The Morgan fingerprint density at radius 1 is 1.09 bits per heavy atom. The van der Waals surface area contributed by atoms with E-state index in [4.69, 9.17) is 5.11 Å². The summed E-state index contributed by atoms with van der Waals surface area (Å²) in [5, 5.41) is 8.95. The zero-order valence-corrected chi connectivity index (χ0v) is 12.4. The van der Waals surface area contributed by atoms with Crippen LogP contribution in [0.1, 0.15) is 12.5 Å². The molecule has 0 saturated carbocycles. The van der Waals surface area contributed by atoms with Gasteiger partial charge in [-0.2, -0.15) is 26.3 Å². The van der Waals surface area contributed by atoms with E-state index in [1.807, 2.05) is 0 Å². The van der Waals surface area contributed by atoms with Gasteiger partial charge in [-0.05, 0) is 24.3 Å². The summed E-state index contributed by atoms with van der Waals surface area (Å²) in [6.45, 7) is -0.448. The molecule has 1 aromatic rings. The summed E-state index contributed by atoms with van der Waals surface area (Å²) >= 11 is 0. The van der Waals surface area contributed by atoms with Gasteiger partial charge >= 0.3 is 12.4 Å². The molecule has 0 aliphatic rings. The monoisotopic (exact) mass is 365 g/mol. The Morgan fingerprint density at radius 2 is 1.57 bits per heavy atom. The van der Waals surface area contributed by atoms with Crippen LogP contribution in [0.4, 0.5) is 26.3 Å². The first kappa shape index (κ1) is 19.7. The van der Waals surface area contributed by atoms with Crippen LogP contribution < -0.4 is 4.72 Å². The van der Waals surface area contributed by atoms with Crippen molar-refractivity contribution in [3.63, 3.8) is 0 Å². The molecule has 11 heteroatoms. The Hall–Kier alpha value is -1.33. The second kappa shape index (κ2) is 6.65. The molecule has 0 spiro atoms. The molecule has 2 atom stereocenters. The second-order valence-corrected chi connectivity index (χ2v) is 6.48. The molecule has 0 saturated heterocycles. The number of aliphatic hydroxyl groups is 1. The third kappa shape index (κ3) is 5.08. The largest absolute Gasteiger partial charge is 0.416 e. The Balaban J connectivity index is 3.03. The minimum absolute atomic E-state index is 0.496. The maximum Gasteiger partial charge on any atom is 0.416 e. The molecular weight excluding hydrogens is 352 g/mol. The molecule has 4 nitrogen and oxygen atoms in total. The molecule has 132 valence electrons. The predicted molar refractivity (Wildman–Crippen MR) is 67.9 cm³/mol. The first-order chi connectivity index (χ1) is 10.3. The third-order valence-corrected chi connectivity index (χ3v) is 4.62. The molecule has 1 aromatic carbocycles. The Morgan fingerprint density at radius 3 is 1.91 bits per heavy atom. The van der Waals surface area contributed by atoms with Crippen molar-refractivity contribution >= 4 is 10.0 Å². The first-order valence-electron chi connectivity index (χ1n) is 6.16. The molecule has 0 aliphatic carbocycles. The van der Waals surface area contributed by atoms with Crippen molar-refractivity contribution in [1.82, 2.24) is 4.72 Å². The number of halogens is 6. The Labute approximate surface area is 128 Å². The normalized spacial score (nSPS) is 16.2. The van der Waals surface area contributed by atoms with Gasteiger partial charge in [0.25, 0.3) is 0 Å². The van der Waals surface area contributed by atoms with Crippen molar-refractivity contribution in [3.05, 3.63) is 29.8 Å². The predicted octanol–water partition coefficient (Wildman–Crippen LogP) is 2.54. The van der Waals surface area contributed by atoms with Crippen LogP contribution in [0.25, 0.3) is 0 Å².